The fraction of sp³-hybridized carbons (Fsp3) is 0.625. The lowest BCUT2D eigenvalue weighted by molar-refractivity contribution is 0.0147. The van der Waals surface area contributed by atoms with E-state index in [0.29, 0.717) is 5.41 Å². The van der Waals surface area contributed by atoms with Crippen LogP contribution in [0.1, 0.15) is 31.2 Å². The van der Waals surface area contributed by atoms with E-state index >= 15 is 0 Å². The lowest BCUT2D eigenvalue weighted by atomic mass is 9.75. The maximum Gasteiger partial charge on any atom is 0.0471 e. The molecule has 1 saturated heterocycles. The van der Waals surface area contributed by atoms with Crippen LogP contribution in [-0.2, 0) is 11.2 Å². The highest BCUT2D eigenvalue weighted by atomic mass is 79.9. The summed E-state index contributed by atoms with van der Waals surface area (Å²) in [7, 11) is 0. The Morgan fingerprint density at radius 1 is 1.16 bits per heavy atom. The number of halogens is 1. The molecule has 0 atom stereocenters. The minimum Gasteiger partial charge on any atom is -0.381 e. The Morgan fingerprint density at radius 3 is 2.47 bits per heavy atom. The third-order valence-electron chi connectivity index (χ3n) is 4.39. The normalized spacial score (nSPS) is 22.4. The SMILES string of the molecule is Brc1ccc(CC2(CNC3CC3)CCOCC2)cc1. The Kier molecular flexibility index (Phi) is 4.25. The molecule has 19 heavy (non-hydrogen) atoms. The van der Waals surface area contributed by atoms with Crippen molar-refractivity contribution in [2.45, 2.75) is 38.1 Å². The van der Waals surface area contributed by atoms with Gasteiger partial charge in [0.2, 0.25) is 0 Å². The molecule has 1 aromatic carbocycles. The van der Waals surface area contributed by atoms with Gasteiger partial charge in [-0.1, -0.05) is 28.1 Å². The number of hydrogen-bond acceptors (Lipinski definition) is 2. The van der Waals surface area contributed by atoms with Gasteiger partial charge in [-0.15, -0.1) is 0 Å². The van der Waals surface area contributed by atoms with E-state index in [-0.39, 0.29) is 0 Å². The van der Waals surface area contributed by atoms with E-state index in [0.717, 1.165) is 30.3 Å². The summed E-state index contributed by atoms with van der Waals surface area (Å²) in [6.45, 7) is 2.99. The van der Waals surface area contributed by atoms with Crippen LogP contribution in [0, 0.1) is 5.41 Å². The van der Waals surface area contributed by atoms with Crippen LogP contribution in [0.4, 0.5) is 0 Å². The van der Waals surface area contributed by atoms with E-state index in [1.54, 1.807) is 0 Å². The van der Waals surface area contributed by atoms with E-state index in [4.69, 9.17) is 4.74 Å². The van der Waals surface area contributed by atoms with Crippen molar-refractivity contribution in [1.82, 2.24) is 5.32 Å². The summed E-state index contributed by atoms with van der Waals surface area (Å²) in [5, 5.41) is 3.73. The van der Waals surface area contributed by atoms with Crippen molar-refractivity contribution in [2.75, 3.05) is 19.8 Å². The van der Waals surface area contributed by atoms with Crippen LogP contribution < -0.4 is 5.32 Å². The van der Waals surface area contributed by atoms with Gasteiger partial charge < -0.3 is 10.1 Å². The van der Waals surface area contributed by atoms with Gasteiger partial charge in [0.15, 0.2) is 0 Å². The fourth-order valence-electron chi connectivity index (χ4n) is 2.90. The van der Waals surface area contributed by atoms with Crippen molar-refractivity contribution >= 4 is 15.9 Å². The molecule has 3 heteroatoms. The van der Waals surface area contributed by atoms with Crippen LogP contribution in [0.15, 0.2) is 28.7 Å². The third kappa shape index (κ3) is 3.80. The molecular weight excluding hydrogens is 302 g/mol. The number of benzene rings is 1. The maximum atomic E-state index is 5.57. The zero-order valence-corrected chi connectivity index (χ0v) is 12.9. The molecule has 1 aliphatic heterocycles. The first-order valence-corrected chi connectivity index (χ1v) is 8.11. The molecule has 2 fully saturated rings. The number of ether oxygens (including phenoxy) is 1. The molecule has 3 rings (SSSR count). The Balaban J connectivity index is 1.68. The molecule has 0 spiro atoms. The van der Waals surface area contributed by atoms with Crippen molar-refractivity contribution < 1.29 is 4.74 Å². The highest BCUT2D eigenvalue weighted by Gasteiger charge is 2.34. The summed E-state index contributed by atoms with van der Waals surface area (Å²) in [5.74, 6) is 0. The molecule has 0 radical (unpaired) electrons. The van der Waals surface area contributed by atoms with Crippen molar-refractivity contribution in [2.24, 2.45) is 5.41 Å². The molecule has 0 aromatic heterocycles. The van der Waals surface area contributed by atoms with Gasteiger partial charge in [-0.05, 0) is 55.2 Å². The van der Waals surface area contributed by atoms with Gasteiger partial charge in [0.25, 0.3) is 0 Å². The van der Waals surface area contributed by atoms with Crippen molar-refractivity contribution in [3.8, 4) is 0 Å². The maximum absolute atomic E-state index is 5.57. The molecule has 1 aromatic rings. The first kappa shape index (κ1) is 13.6. The smallest absolute Gasteiger partial charge is 0.0471 e. The van der Waals surface area contributed by atoms with Gasteiger partial charge in [0.05, 0.1) is 0 Å². The van der Waals surface area contributed by atoms with Gasteiger partial charge in [0.1, 0.15) is 0 Å². The highest BCUT2D eigenvalue weighted by molar-refractivity contribution is 9.10. The average molecular weight is 324 g/mol. The number of nitrogens with one attached hydrogen (secondary N) is 1. The number of hydrogen-bond donors (Lipinski definition) is 1. The molecule has 0 amide bonds. The minimum absolute atomic E-state index is 0.397. The quantitative estimate of drug-likeness (QED) is 0.894. The van der Waals surface area contributed by atoms with E-state index < -0.39 is 0 Å². The van der Waals surface area contributed by atoms with Crippen LogP contribution in [0.25, 0.3) is 0 Å². The molecule has 1 saturated carbocycles. The second kappa shape index (κ2) is 5.94. The first-order chi connectivity index (χ1) is 9.26. The molecular formula is C16H22BrNO. The van der Waals surface area contributed by atoms with Gasteiger partial charge in [0, 0.05) is 30.3 Å². The predicted octanol–water partition coefficient (Wildman–Crippen LogP) is 3.54. The topological polar surface area (TPSA) is 21.3 Å². The largest absolute Gasteiger partial charge is 0.381 e. The summed E-state index contributed by atoms with van der Waals surface area (Å²) in [4.78, 5) is 0. The monoisotopic (exact) mass is 323 g/mol. The Bertz CT molecular complexity index is 407. The summed E-state index contributed by atoms with van der Waals surface area (Å²) in [5.41, 5.74) is 1.84. The predicted molar refractivity (Wildman–Crippen MR) is 81.4 cm³/mol. The van der Waals surface area contributed by atoms with Gasteiger partial charge in [-0.25, -0.2) is 0 Å². The average Bonchev–Trinajstić information content (AvgIpc) is 3.25. The van der Waals surface area contributed by atoms with Crippen molar-refractivity contribution in [3.63, 3.8) is 0 Å². The van der Waals surface area contributed by atoms with Crippen LogP contribution in [0.5, 0.6) is 0 Å². The van der Waals surface area contributed by atoms with Crippen LogP contribution in [0.3, 0.4) is 0 Å². The lowest BCUT2D eigenvalue weighted by Gasteiger charge is -2.38. The van der Waals surface area contributed by atoms with E-state index in [1.807, 2.05) is 0 Å². The first-order valence-electron chi connectivity index (χ1n) is 7.31. The molecule has 1 N–H and O–H groups in total. The molecule has 2 aliphatic rings. The second-order valence-electron chi connectivity index (χ2n) is 6.07. The molecule has 0 unspecified atom stereocenters. The highest BCUT2D eigenvalue weighted by Crippen LogP contribution is 2.35. The summed E-state index contributed by atoms with van der Waals surface area (Å²) in [6.07, 6.45) is 6.27. The minimum atomic E-state index is 0.397. The fourth-order valence-corrected chi connectivity index (χ4v) is 3.17. The Hall–Kier alpha value is -0.380. The lowest BCUT2D eigenvalue weighted by Crippen LogP contribution is -2.41. The van der Waals surface area contributed by atoms with Crippen LogP contribution in [-0.4, -0.2) is 25.8 Å². The number of rotatable bonds is 5. The Morgan fingerprint density at radius 2 is 1.84 bits per heavy atom. The van der Waals surface area contributed by atoms with Gasteiger partial charge >= 0.3 is 0 Å². The second-order valence-corrected chi connectivity index (χ2v) is 6.99. The van der Waals surface area contributed by atoms with E-state index in [1.165, 1.54) is 37.7 Å². The van der Waals surface area contributed by atoms with Crippen LogP contribution >= 0.6 is 15.9 Å². The summed E-state index contributed by atoms with van der Waals surface area (Å²) >= 11 is 3.51. The molecule has 0 bridgehead atoms. The molecule has 2 nitrogen and oxygen atoms in total. The van der Waals surface area contributed by atoms with Crippen molar-refractivity contribution in [1.29, 1.82) is 0 Å². The van der Waals surface area contributed by atoms with E-state index in [2.05, 4.69) is 45.5 Å². The molecule has 1 heterocycles. The van der Waals surface area contributed by atoms with Crippen molar-refractivity contribution in [3.05, 3.63) is 34.3 Å². The molecule has 104 valence electrons. The van der Waals surface area contributed by atoms with Crippen LogP contribution in [0.2, 0.25) is 0 Å². The van der Waals surface area contributed by atoms with Gasteiger partial charge in [-0.3, -0.25) is 0 Å². The Labute approximate surface area is 124 Å². The molecule has 1 aliphatic carbocycles. The third-order valence-corrected chi connectivity index (χ3v) is 4.92. The standard InChI is InChI=1S/C16H22BrNO/c17-14-3-1-13(2-4-14)11-16(7-9-19-10-8-16)12-18-15-5-6-15/h1-4,15,18H,5-12H2. The van der Waals surface area contributed by atoms with E-state index in [9.17, 15) is 0 Å². The summed E-state index contributed by atoms with van der Waals surface area (Å²) in [6, 6.07) is 9.59. The zero-order chi connectivity index (χ0) is 13.1. The van der Waals surface area contributed by atoms with Gasteiger partial charge in [-0.2, -0.15) is 0 Å². The zero-order valence-electron chi connectivity index (χ0n) is 11.3. The summed E-state index contributed by atoms with van der Waals surface area (Å²) < 4.78 is 6.73.